The molecule has 5 heteroatoms. The summed E-state index contributed by atoms with van der Waals surface area (Å²) in [6, 6.07) is 11.4. The van der Waals surface area contributed by atoms with Gasteiger partial charge in [-0.1, -0.05) is 17.8 Å². The predicted octanol–water partition coefficient (Wildman–Crippen LogP) is 2.41. The lowest BCUT2D eigenvalue weighted by molar-refractivity contribution is 0.413. The standard InChI is InChI=1S/C12H13N3OS/c1-16-8-3-2-4-9(7-8)17-11-6-5-10(13)12(14)15-11/h2-7H,13H2,1H3,(H2,14,15). The van der Waals surface area contributed by atoms with E-state index in [1.54, 1.807) is 13.2 Å². The van der Waals surface area contributed by atoms with Crippen LogP contribution in [0.15, 0.2) is 46.3 Å². The molecule has 0 aliphatic carbocycles. The Balaban J connectivity index is 2.22. The molecule has 17 heavy (non-hydrogen) atoms. The third-order valence-corrected chi connectivity index (χ3v) is 3.12. The van der Waals surface area contributed by atoms with Gasteiger partial charge in [0.15, 0.2) is 0 Å². The van der Waals surface area contributed by atoms with Crippen molar-refractivity contribution in [2.45, 2.75) is 9.92 Å². The van der Waals surface area contributed by atoms with Crippen molar-refractivity contribution in [1.82, 2.24) is 4.98 Å². The van der Waals surface area contributed by atoms with Gasteiger partial charge >= 0.3 is 0 Å². The molecule has 88 valence electrons. The number of nitrogens with zero attached hydrogens (tertiary/aromatic N) is 1. The van der Waals surface area contributed by atoms with E-state index in [-0.39, 0.29) is 0 Å². The number of hydrogen-bond acceptors (Lipinski definition) is 5. The Kier molecular flexibility index (Phi) is 3.39. The Morgan fingerprint density at radius 3 is 2.71 bits per heavy atom. The third kappa shape index (κ3) is 2.82. The van der Waals surface area contributed by atoms with Crippen LogP contribution in [0.4, 0.5) is 11.5 Å². The molecule has 0 bridgehead atoms. The molecule has 0 atom stereocenters. The monoisotopic (exact) mass is 247 g/mol. The third-order valence-electron chi connectivity index (χ3n) is 2.20. The fourth-order valence-electron chi connectivity index (χ4n) is 1.31. The number of nitrogens with two attached hydrogens (primary N) is 2. The van der Waals surface area contributed by atoms with E-state index >= 15 is 0 Å². The van der Waals surface area contributed by atoms with Crippen LogP contribution in [-0.4, -0.2) is 12.1 Å². The number of benzene rings is 1. The molecule has 0 spiro atoms. The van der Waals surface area contributed by atoms with Crippen LogP contribution >= 0.6 is 11.8 Å². The maximum atomic E-state index is 5.66. The van der Waals surface area contributed by atoms with E-state index < -0.39 is 0 Å². The average molecular weight is 247 g/mol. The molecule has 1 aromatic heterocycles. The first-order valence-electron chi connectivity index (χ1n) is 5.03. The molecule has 0 saturated heterocycles. The molecule has 0 radical (unpaired) electrons. The summed E-state index contributed by atoms with van der Waals surface area (Å²) >= 11 is 1.51. The Morgan fingerprint density at radius 1 is 1.18 bits per heavy atom. The van der Waals surface area contributed by atoms with Gasteiger partial charge in [-0.3, -0.25) is 0 Å². The van der Waals surface area contributed by atoms with E-state index in [9.17, 15) is 0 Å². The van der Waals surface area contributed by atoms with Gasteiger partial charge < -0.3 is 16.2 Å². The molecule has 0 amide bonds. The first kappa shape index (κ1) is 11.6. The fourth-order valence-corrected chi connectivity index (χ4v) is 2.15. The predicted molar refractivity (Wildman–Crippen MR) is 70.2 cm³/mol. The van der Waals surface area contributed by atoms with Crippen molar-refractivity contribution in [2.24, 2.45) is 0 Å². The number of rotatable bonds is 3. The summed E-state index contributed by atoms with van der Waals surface area (Å²) in [5.41, 5.74) is 11.8. The molecule has 2 rings (SSSR count). The molecular weight excluding hydrogens is 234 g/mol. The molecule has 0 fully saturated rings. The fraction of sp³-hybridized carbons (Fsp3) is 0.0833. The maximum Gasteiger partial charge on any atom is 0.147 e. The van der Waals surface area contributed by atoms with E-state index in [2.05, 4.69) is 4.98 Å². The SMILES string of the molecule is COc1cccc(Sc2ccc(N)c(N)n2)c1. The van der Waals surface area contributed by atoms with Crippen molar-refractivity contribution in [3.05, 3.63) is 36.4 Å². The quantitative estimate of drug-likeness (QED) is 0.871. The molecule has 4 N–H and O–H groups in total. The summed E-state index contributed by atoms with van der Waals surface area (Å²) in [5, 5.41) is 0.810. The zero-order valence-electron chi connectivity index (χ0n) is 9.38. The van der Waals surface area contributed by atoms with Crippen molar-refractivity contribution in [3.8, 4) is 5.75 Å². The Bertz CT molecular complexity index is 531. The highest BCUT2D eigenvalue weighted by molar-refractivity contribution is 7.99. The molecule has 0 aliphatic heterocycles. The van der Waals surface area contributed by atoms with E-state index in [1.807, 2.05) is 30.3 Å². The lowest BCUT2D eigenvalue weighted by atomic mass is 10.3. The molecule has 4 nitrogen and oxygen atoms in total. The first-order valence-corrected chi connectivity index (χ1v) is 5.84. The van der Waals surface area contributed by atoms with Gasteiger partial charge in [0.25, 0.3) is 0 Å². The van der Waals surface area contributed by atoms with E-state index in [0.717, 1.165) is 15.7 Å². The van der Waals surface area contributed by atoms with Gasteiger partial charge in [-0.25, -0.2) is 4.98 Å². The van der Waals surface area contributed by atoms with Crippen LogP contribution in [0.2, 0.25) is 0 Å². The van der Waals surface area contributed by atoms with Crippen LogP contribution in [0.1, 0.15) is 0 Å². The number of aromatic nitrogens is 1. The molecular formula is C12H13N3OS. The van der Waals surface area contributed by atoms with Crippen LogP contribution in [-0.2, 0) is 0 Å². The van der Waals surface area contributed by atoms with Crippen molar-refractivity contribution >= 4 is 23.3 Å². The molecule has 0 saturated carbocycles. The van der Waals surface area contributed by atoms with Gasteiger partial charge in [0.2, 0.25) is 0 Å². The van der Waals surface area contributed by atoms with Gasteiger partial charge in [-0.15, -0.1) is 0 Å². The van der Waals surface area contributed by atoms with Crippen LogP contribution in [0, 0.1) is 0 Å². The highest BCUT2D eigenvalue weighted by atomic mass is 32.2. The van der Waals surface area contributed by atoms with Crippen LogP contribution in [0.5, 0.6) is 5.75 Å². The molecule has 2 aromatic rings. The van der Waals surface area contributed by atoms with Crippen molar-refractivity contribution in [3.63, 3.8) is 0 Å². The van der Waals surface area contributed by atoms with Gasteiger partial charge in [-0.2, -0.15) is 0 Å². The number of hydrogen-bond donors (Lipinski definition) is 2. The second-order valence-electron chi connectivity index (χ2n) is 3.41. The number of methoxy groups -OCH3 is 1. The van der Waals surface area contributed by atoms with Gasteiger partial charge in [0, 0.05) is 4.90 Å². The number of anilines is 2. The van der Waals surface area contributed by atoms with E-state index in [0.29, 0.717) is 11.5 Å². The molecule has 1 heterocycles. The minimum atomic E-state index is 0.359. The van der Waals surface area contributed by atoms with Crippen LogP contribution in [0.25, 0.3) is 0 Å². The topological polar surface area (TPSA) is 74.2 Å². The number of pyridine rings is 1. The number of nitrogen functional groups attached to an aromatic ring is 2. The summed E-state index contributed by atoms with van der Waals surface area (Å²) in [5.74, 6) is 1.18. The maximum absolute atomic E-state index is 5.66. The molecule has 1 aromatic carbocycles. The Morgan fingerprint density at radius 2 is 2.00 bits per heavy atom. The summed E-state index contributed by atoms with van der Waals surface area (Å²) in [6.45, 7) is 0. The lowest BCUT2D eigenvalue weighted by Gasteiger charge is -2.05. The lowest BCUT2D eigenvalue weighted by Crippen LogP contribution is -1.97. The highest BCUT2D eigenvalue weighted by Gasteiger charge is 2.02. The summed E-state index contributed by atoms with van der Waals surface area (Å²) in [6.07, 6.45) is 0. The Hall–Kier alpha value is -1.88. The molecule has 0 unspecified atom stereocenters. The summed E-state index contributed by atoms with van der Waals surface area (Å²) in [7, 11) is 1.64. The second-order valence-corrected chi connectivity index (χ2v) is 4.50. The van der Waals surface area contributed by atoms with E-state index in [4.69, 9.17) is 16.2 Å². The van der Waals surface area contributed by atoms with Crippen molar-refractivity contribution in [2.75, 3.05) is 18.6 Å². The van der Waals surface area contributed by atoms with Crippen LogP contribution < -0.4 is 16.2 Å². The highest BCUT2D eigenvalue weighted by Crippen LogP contribution is 2.30. The summed E-state index contributed by atoms with van der Waals surface area (Å²) < 4.78 is 5.16. The summed E-state index contributed by atoms with van der Waals surface area (Å²) in [4.78, 5) is 5.24. The second kappa shape index (κ2) is 4.97. The van der Waals surface area contributed by atoms with E-state index in [1.165, 1.54) is 11.8 Å². The minimum absolute atomic E-state index is 0.359. The largest absolute Gasteiger partial charge is 0.497 e. The minimum Gasteiger partial charge on any atom is -0.497 e. The normalized spacial score (nSPS) is 10.2. The molecule has 0 aliphatic rings. The Labute approximate surface area is 104 Å². The average Bonchev–Trinajstić information content (AvgIpc) is 2.34. The zero-order valence-corrected chi connectivity index (χ0v) is 10.2. The van der Waals surface area contributed by atoms with Gasteiger partial charge in [0.05, 0.1) is 12.8 Å². The van der Waals surface area contributed by atoms with Crippen molar-refractivity contribution in [1.29, 1.82) is 0 Å². The zero-order chi connectivity index (χ0) is 12.3. The smallest absolute Gasteiger partial charge is 0.147 e. The van der Waals surface area contributed by atoms with Gasteiger partial charge in [-0.05, 0) is 30.3 Å². The van der Waals surface area contributed by atoms with Crippen molar-refractivity contribution < 1.29 is 4.74 Å². The van der Waals surface area contributed by atoms with Crippen LogP contribution in [0.3, 0.4) is 0 Å². The number of ether oxygens (including phenoxy) is 1. The first-order chi connectivity index (χ1) is 8.19. The van der Waals surface area contributed by atoms with Gasteiger partial charge in [0.1, 0.15) is 16.6 Å².